The average Bonchev–Trinajstić information content (AvgIpc) is 2.41. The quantitative estimate of drug-likeness (QED) is 0.873. The molecule has 1 aromatic rings. The number of aromatic nitrogens is 1. The molecule has 4 heteroatoms. The van der Waals surface area contributed by atoms with Gasteiger partial charge in [-0.2, -0.15) is 0 Å². The Labute approximate surface area is 120 Å². The third kappa shape index (κ3) is 3.98. The van der Waals surface area contributed by atoms with E-state index in [1.54, 1.807) is 0 Å². The van der Waals surface area contributed by atoms with Gasteiger partial charge in [-0.1, -0.05) is 13.0 Å². The molecule has 1 saturated carbocycles. The third-order valence-corrected chi connectivity index (χ3v) is 4.10. The van der Waals surface area contributed by atoms with E-state index in [2.05, 4.69) is 23.3 Å². The molecule has 0 aliphatic heterocycles. The molecule has 1 unspecified atom stereocenters. The zero-order valence-electron chi connectivity index (χ0n) is 12.3. The van der Waals surface area contributed by atoms with Crippen molar-refractivity contribution in [2.75, 3.05) is 6.54 Å². The molecule has 1 fully saturated rings. The summed E-state index contributed by atoms with van der Waals surface area (Å²) >= 11 is 0. The second-order valence-electron chi connectivity index (χ2n) is 5.92. The van der Waals surface area contributed by atoms with E-state index in [4.69, 9.17) is 0 Å². The van der Waals surface area contributed by atoms with Gasteiger partial charge >= 0.3 is 0 Å². The molecule has 2 rings (SSSR count). The second kappa shape index (κ2) is 6.61. The monoisotopic (exact) mass is 282 g/mol. The molecular weight excluding hydrogens is 258 g/mol. The number of pyridine rings is 1. The van der Waals surface area contributed by atoms with Crippen molar-refractivity contribution >= 4 is 0 Å². The first-order valence-corrected chi connectivity index (χ1v) is 7.54. The maximum absolute atomic E-state index is 13.3. The number of aryl methyl sites for hydroxylation is 1. The zero-order chi connectivity index (χ0) is 14.6. The zero-order valence-corrected chi connectivity index (χ0v) is 12.3. The minimum absolute atomic E-state index is 0.0151. The number of halogens is 2. The average molecular weight is 282 g/mol. The van der Waals surface area contributed by atoms with Gasteiger partial charge in [0.2, 0.25) is 5.92 Å². The largest absolute Gasteiger partial charge is 0.310 e. The van der Waals surface area contributed by atoms with Crippen LogP contribution in [0.5, 0.6) is 0 Å². The molecule has 20 heavy (non-hydrogen) atoms. The summed E-state index contributed by atoms with van der Waals surface area (Å²) in [5, 5.41) is 3.53. The highest BCUT2D eigenvalue weighted by atomic mass is 19.3. The summed E-state index contributed by atoms with van der Waals surface area (Å²) in [4.78, 5) is 4.25. The predicted molar refractivity (Wildman–Crippen MR) is 76.9 cm³/mol. The lowest BCUT2D eigenvalue weighted by Gasteiger charge is -2.34. The number of alkyl halides is 2. The Morgan fingerprint density at radius 2 is 2.05 bits per heavy atom. The SMILES string of the molecule is CCCNC(c1cncc(C)c1)C1CCC(F)(F)CC1. The molecule has 0 radical (unpaired) electrons. The van der Waals surface area contributed by atoms with Crippen LogP contribution in [0, 0.1) is 12.8 Å². The standard InChI is InChI=1S/C16H24F2N2/c1-3-8-20-15(14-9-12(2)10-19-11-14)13-4-6-16(17,18)7-5-13/h9-11,13,15,20H,3-8H2,1-2H3. The Hall–Kier alpha value is -1.03. The molecule has 0 amide bonds. The van der Waals surface area contributed by atoms with Gasteiger partial charge in [-0.25, -0.2) is 8.78 Å². The van der Waals surface area contributed by atoms with Crippen LogP contribution in [0.3, 0.4) is 0 Å². The van der Waals surface area contributed by atoms with Gasteiger partial charge in [-0.3, -0.25) is 4.98 Å². The van der Waals surface area contributed by atoms with Gasteiger partial charge in [0, 0.05) is 31.3 Å². The van der Waals surface area contributed by atoms with Gasteiger partial charge in [0.15, 0.2) is 0 Å². The number of hydrogen-bond donors (Lipinski definition) is 1. The van der Waals surface area contributed by atoms with Gasteiger partial charge in [-0.05, 0) is 49.8 Å². The third-order valence-electron chi connectivity index (χ3n) is 4.10. The highest BCUT2D eigenvalue weighted by Crippen LogP contribution is 2.41. The maximum Gasteiger partial charge on any atom is 0.248 e. The summed E-state index contributed by atoms with van der Waals surface area (Å²) in [6, 6.07) is 2.27. The Morgan fingerprint density at radius 3 is 2.65 bits per heavy atom. The van der Waals surface area contributed by atoms with E-state index in [1.165, 1.54) is 0 Å². The number of rotatable bonds is 5. The van der Waals surface area contributed by atoms with Crippen molar-refractivity contribution < 1.29 is 8.78 Å². The summed E-state index contributed by atoms with van der Waals surface area (Å²) < 4.78 is 26.7. The van der Waals surface area contributed by atoms with E-state index < -0.39 is 5.92 Å². The Bertz CT molecular complexity index is 424. The topological polar surface area (TPSA) is 24.9 Å². The van der Waals surface area contributed by atoms with E-state index in [9.17, 15) is 8.78 Å². The Morgan fingerprint density at radius 1 is 1.35 bits per heavy atom. The molecule has 1 aliphatic rings. The highest BCUT2D eigenvalue weighted by Gasteiger charge is 2.37. The predicted octanol–water partition coefficient (Wildman–Crippen LogP) is 4.26. The van der Waals surface area contributed by atoms with E-state index in [0.717, 1.165) is 24.1 Å². The van der Waals surface area contributed by atoms with Gasteiger partial charge in [0.1, 0.15) is 0 Å². The molecule has 2 nitrogen and oxygen atoms in total. The van der Waals surface area contributed by atoms with Crippen molar-refractivity contribution in [2.45, 2.75) is 57.9 Å². The highest BCUT2D eigenvalue weighted by molar-refractivity contribution is 5.21. The van der Waals surface area contributed by atoms with Crippen LogP contribution in [-0.2, 0) is 0 Å². The summed E-state index contributed by atoms with van der Waals surface area (Å²) in [7, 11) is 0. The summed E-state index contributed by atoms with van der Waals surface area (Å²) in [5.41, 5.74) is 2.25. The lowest BCUT2D eigenvalue weighted by molar-refractivity contribution is -0.0497. The normalized spacial score (nSPS) is 20.8. The van der Waals surface area contributed by atoms with Crippen molar-refractivity contribution in [3.63, 3.8) is 0 Å². The van der Waals surface area contributed by atoms with Crippen molar-refractivity contribution in [3.8, 4) is 0 Å². The first-order chi connectivity index (χ1) is 9.52. The summed E-state index contributed by atoms with van der Waals surface area (Å²) in [6.45, 7) is 5.04. The first kappa shape index (κ1) is 15.4. The molecular formula is C16H24F2N2. The van der Waals surface area contributed by atoms with Crippen LogP contribution in [-0.4, -0.2) is 17.5 Å². The molecule has 0 saturated heterocycles. The lowest BCUT2D eigenvalue weighted by Crippen LogP contribution is -2.34. The van der Waals surface area contributed by atoms with E-state index in [1.807, 2.05) is 19.3 Å². The minimum Gasteiger partial charge on any atom is -0.310 e. The summed E-state index contributed by atoms with van der Waals surface area (Å²) in [6.07, 6.45) is 5.94. The fraction of sp³-hybridized carbons (Fsp3) is 0.688. The number of nitrogens with zero attached hydrogens (tertiary/aromatic N) is 1. The Kier molecular flexibility index (Phi) is 5.08. The maximum atomic E-state index is 13.3. The number of nitrogens with one attached hydrogen (secondary N) is 1. The van der Waals surface area contributed by atoms with E-state index in [0.29, 0.717) is 12.8 Å². The molecule has 0 bridgehead atoms. The van der Waals surface area contributed by atoms with Crippen LogP contribution in [0.2, 0.25) is 0 Å². The van der Waals surface area contributed by atoms with Gasteiger partial charge < -0.3 is 5.32 Å². The molecule has 0 spiro atoms. The fourth-order valence-electron chi connectivity index (χ4n) is 3.00. The van der Waals surface area contributed by atoms with Crippen molar-refractivity contribution in [1.82, 2.24) is 10.3 Å². The van der Waals surface area contributed by atoms with Crippen LogP contribution in [0.25, 0.3) is 0 Å². The van der Waals surface area contributed by atoms with Crippen LogP contribution >= 0.6 is 0 Å². The van der Waals surface area contributed by atoms with Gasteiger partial charge in [0.25, 0.3) is 0 Å². The number of hydrogen-bond acceptors (Lipinski definition) is 2. The molecule has 112 valence electrons. The first-order valence-electron chi connectivity index (χ1n) is 7.54. The fourth-order valence-corrected chi connectivity index (χ4v) is 3.00. The van der Waals surface area contributed by atoms with E-state index >= 15 is 0 Å². The van der Waals surface area contributed by atoms with Crippen molar-refractivity contribution in [2.24, 2.45) is 5.92 Å². The van der Waals surface area contributed by atoms with Crippen LogP contribution in [0.1, 0.15) is 56.2 Å². The molecule has 1 heterocycles. The van der Waals surface area contributed by atoms with Gasteiger partial charge in [0.05, 0.1) is 0 Å². The van der Waals surface area contributed by atoms with Crippen LogP contribution < -0.4 is 5.32 Å². The van der Waals surface area contributed by atoms with Crippen molar-refractivity contribution in [3.05, 3.63) is 29.6 Å². The molecule has 1 N–H and O–H groups in total. The molecule has 1 atom stereocenters. The molecule has 1 aromatic heterocycles. The smallest absolute Gasteiger partial charge is 0.248 e. The second-order valence-corrected chi connectivity index (χ2v) is 5.92. The van der Waals surface area contributed by atoms with Crippen LogP contribution in [0.15, 0.2) is 18.5 Å². The molecule has 1 aliphatic carbocycles. The Balaban J connectivity index is 2.11. The minimum atomic E-state index is -2.46. The summed E-state index contributed by atoms with van der Waals surface area (Å²) in [5.74, 6) is -2.18. The van der Waals surface area contributed by atoms with Crippen molar-refractivity contribution in [1.29, 1.82) is 0 Å². The lowest BCUT2D eigenvalue weighted by atomic mass is 9.79. The van der Waals surface area contributed by atoms with Gasteiger partial charge in [-0.15, -0.1) is 0 Å². The van der Waals surface area contributed by atoms with Crippen LogP contribution in [0.4, 0.5) is 8.78 Å². The van der Waals surface area contributed by atoms with E-state index in [-0.39, 0.29) is 24.8 Å². The molecule has 0 aromatic carbocycles.